The number of nitrogen functional groups attached to an aromatic ring is 1. The molecule has 1 saturated heterocycles. The molecule has 1 aromatic heterocycles. The van der Waals surface area contributed by atoms with E-state index in [0.717, 1.165) is 25.9 Å². The van der Waals surface area contributed by atoms with Gasteiger partial charge in [-0.05, 0) is 19.8 Å². The molecule has 0 aromatic carbocycles. The summed E-state index contributed by atoms with van der Waals surface area (Å²) < 4.78 is 5.60. The lowest BCUT2D eigenvalue weighted by Crippen LogP contribution is -2.48. The first-order valence-electron chi connectivity index (χ1n) is 6.67. The van der Waals surface area contributed by atoms with Crippen molar-refractivity contribution < 1.29 is 4.74 Å². The van der Waals surface area contributed by atoms with Crippen LogP contribution in [0.2, 0.25) is 0 Å². The molecule has 1 aromatic rings. The van der Waals surface area contributed by atoms with E-state index in [0.29, 0.717) is 17.8 Å². The molecule has 0 radical (unpaired) electrons. The second kappa shape index (κ2) is 5.76. The van der Waals surface area contributed by atoms with Gasteiger partial charge in [0, 0.05) is 34.3 Å². The zero-order valence-electron chi connectivity index (χ0n) is 12.6. The van der Waals surface area contributed by atoms with Crippen LogP contribution in [0.1, 0.15) is 19.8 Å². The molecule has 2 rings (SSSR count). The van der Waals surface area contributed by atoms with Crippen molar-refractivity contribution in [3.63, 3.8) is 0 Å². The maximum atomic E-state index is 5.60. The van der Waals surface area contributed by atoms with E-state index >= 15 is 0 Å². The zero-order chi connectivity index (χ0) is 14.8. The first-order chi connectivity index (χ1) is 9.47. The van der Waals surface area contributed by atoms with Crippen LogP contribution < -0.4 is 21.1 Å². The number of ether oxygens (including phenoxy) is 1. The molecule has 8 heteroatoms. The molecule has 1 atom stereocenters. The van der Waals surface area contributed by atoms with Crippen molar-refractivity contribution in [1.29, 1.82) is 0 Å². The second-order valence-corrected chi connectivity index (χ2v) is 5.48. The molecule has 1 unspecified atom stereocenters. The van der Waals surface area contributed by atoms with Gasteiger partial charge in [-0.2, -0.15) is 15.0 Å². The minimum Gasteiger partial charge on any atom is -0.377 e. The lowest BCUT2D eigenvalue weighted by Gasteiger charge is -2.39. The molecular formula is C12H23N7O. The lowest BCUT2D eigenvalue weighted by atomic mass is 9.95. The number of methoxy groups -OCH3 is 1. The second-order valence-electron chi connectivity index (χ2n) is 5.48. The van der Waals surface area contributed by atoms with Crippen molar-refractivity contribution in [3.8, 4) is 0 Å². The van der Waals surface area contributed by atoms with Gasteiger partial charge in [0.25, 0.3) is 0 Å². The van der Waals surface area contributed by atoms with Gasteiger partial charge in [-0.15, -0.1) is 0 Å². The predicted molar refractivity (Wildman–Crippen MR) is 78.8 cm³/mol. The van der Waals surface area contributed by atoms with E-state index in [2.05, 4.69) is 32.2 Å². The van der Waals surface area contributed by atoms with E-state index in [9.17, 15) is 0 Å². The molecule has 3 N–H and O–H groups in total. The van der Waals surface area contributed by atoms with Crippen molar-refractivity contribution in [2.45, 2.75) is 25.4 Å². The zero-order valence-corrected chi connectivity index (χ0v) is 12.6. The lowest BCUT2D eigenvalue weighted by molar-refractivity contribution is -0.00498. The van der Waals surface area contributed by atoms with Crippen molar-refractivity contribution in [2.75, 3.05) is 49.5 Å². The van der Waals surface area contributed by atoms with E-state index in [1.807, 2.05) is 19.0 Å². The highest BCUT2D eigenvalue weighted by Gasteiger charge is 2.32. The average Bonchev–Trinajstić information content (AvgIpc) is 2.46. The number of nitrogens with two attached hydrogens (primary N) is 1. The Balaban J connectivity index is 2.29. The molecule has 2 heterocycles. The Kier molecular flexibility index (Phi) is 4.24. The largest absolute Gasteiger partial charge is 0.377 e. The van der Waals surface area contributed by atoms with Crippen molar-refractivity contribution >= 4 is 17.8 Å². The number of nitrogens with one attached hydrogen (secondary N) is 1. The minimum atomic E-state index is -0.167. The fourth-order valence-corrected chi connectivity index (χ4v) is 2.30. The molecule has 0 bridgehead atoms. The highest BCUT2D eigenvalue weighted by atomic mass is 16.5. The van der Waals surface area contributed by atoms with Crippen LogP contribution in [0.5, 0.6) is 0 Å². The summed E-state index contributed by atoms with van der Waals surface area (Å²) in [5, 5.41) is 0. The van der Waals surface area contributed by atoms with E-state index in [4.69, 9.17) is 10.6 Å². The molecule has 112 valence electrons. The summed E-state index contributed by atoms with van der Waals surface area (Å²) in [7, 11) is 5.51. The maximum Gasteiger partial charge on any atom is 0.243 e. The number of nitrogens with zero attached hydrogens (tertiary/aromatic N) is 5. The quantitative estimate of drug-likeness (QED) is 0.598. The molecular weight excluding hydrogens is 258 g/mol. The minimum absolute atomic E-state index is 0.167. The van der Waals surface area contributed by atoms with Crippen molar-refractivity contribution in [2.24, 2.45) is 5.84 Å². The van der Waals surface area contributed by atoms with Gasteiger partial charge in [0.15, 0.2) is 0 Å². The summed E-state index contributed by atoms with van der Waals surface area (Å²) in [6.07, 6.45) is 2.08. The van der Waals surface area contributed by atoms with Crippen LogP contribution in [0.15, 0.2) is 0 Å². The molecule has 0 aliphatic carbocycles. The van der Waals surface area contributed by atoms with Crippen LogP contribution in [-0.4, -0.2) is 54.8 Å². The first kappa shape index (κ1) is 14.7. The Bertz CT molecular complexity index is 467. The van der Waals surface area contributed by atoms with Gasteiger partial charge in [0.1, 0.15) is 0 Å². The summed E-state index contributed by atoms with van der Waals surface area (Å²) in [6.45, 7) is 3.76. The monoisotopic (exact) mass is 281 g/mol. The van der Waals surface area contributed by atoms with Crippen LogP contribution in [0.4, 0.5) is 17.8 Å². The van der Waals surface area contributed by atoms with Gasteiger partial charge in [0.05, 0.1) is 5.60 Å². The Labute approximate surface area is 119 Å². The Morgan fingerprint density at radius 2 is 2.10 bits per heavy atom. The number of piperidine rings is 1. The number of hydrogen-bond donors (Lipinski definition) is 2. The van der Waals surface area contributed by atoms with E-state index in [1.54, 1.807) is 7.11 Å². The third-order valence-corrected chi connectivity index (χ3v) is 3.58. The van der Waals surface area contributed by atoms with Gasteiger partial charge < -0.3 is 14.5 Å². The first-order valence-corrected chi connectivity index (χ1v) is 6.67. The van der Waals surface area contributed by atoms with Gasteiger partial charge >= 0.3 is 0 Å². The molecule has 8 nitrogen and oxygen atoms in total. The number of hydrazine groups is 1. The topological polar surface area (TPSA) is 92.4 Å². The van der Waals surface area contributed by atoms with E-state index in [1.165, 1.54) is 0 Å². The third kappa shape index (κ3) is 3.07. The van der Waals surface area contributed by atoms with Gasteiger partial charge in [-0.3, -0.25) is 5.43 Å². The Hall–Kier alpha value is -1.67. The summed E-state index contributed by atoms with van der Waals surface area (Å²) in [6, 6.07) is 0. The molecule has 0 spiro atoms. The van der Waals surface area contributed by atoms with E-state index < -0.39 is 0 Å². The predicted octanol–water partition coefficient (Wildman–Crippen LogP) is 0.229. The van der Waals surface area contributed by atoms with Crippen LogP contribution >= 0.6 is 0 Å². The third-order valence-electron chi connectivity index (χ3n) is 3.58. The van der Waals surface area contributed by atoms with Gasteiger partial charge in [-0.1, -0.05) is 0 Å². The van der Waals surface area contributed by atoms with Gasteiger partial charge in [-0.25, -0.2) is 5.84 Å². The highest BCUT2D eigenvalue weighted by molar-refractivity contribution is 5.44. The Morgan fingerprint density at radius 3 is 2.70 bits per heavy atom. The fraction of sp³-hybridized carbons (Fsp3) is 0.750. The average molecular weight is 281 g/mol. The fourth-order valence-electron chi connectivity index (χ4n) is 2.30. The maximum absolute atomic E-state index is 5.60. The van der Waals surface area contributed by atoms with Crippen LogP contribution in [-0.2, 0) is 4.74 Å². The van der Waals surface area contributed by atoms with Crippen LogP contribution in [0, 0.1) is 0 Å². The van der Waals surface area contributed by atoms with Crippen LogP contribution in [0.3, 0.4) is 0 Å². The summed E-state index contributed by atoms with van der Waals surface area (Å²) >= 11 is 0. The molecule has 1 aliphatic rings. The number of rotatable bonds is 4. The number of hydrogen-bond acceptors (Lipinski definition) is 8. The SMILES string of the molecule is COC1(C)CCCN(c2nc(NN)nc(N(C)C)n2)C1. The van der Waals surface area contributed by atoms with Crippen molar-refractivity contribution in [3.05, 3.63) is 0 Å². The van der Waals surface area contributed by atoms with Crippen molar-refractivity contribution in [1.82, 2.24) is 15.0 Å². The number of anilines is 3. The normalized spacial score (nSPS) is 22.8. The molecule has 20 heavy (non-hydrogen) atoms. The van der Waals surface area contributed by atoms with Gasteiger partial charge in [0.2, 0.25) is 17.8 Å². The van der Waals surface area contributed by atoms with Crippen LogP contribution in [0.25, 0.3) is 0 Å². The number of aromatic nitrogens is 3. The molecule has 1 fully saturated rings. The molecule has 0 saturated carbocycles. The molecule has 0 amide bonds. The summed E-state index contributed by atoms with van der Waals surface area (Å²) in [5.41, 5.74) is 2.32. The summed E-state index contributed by atoms with van der Waals surface area (Å²) in [4.78, 5) is 17.0. The Morgan fingerprint density at radius 1 is 1.35 bits per heavy atom. The standard InChI is InChI=1S/C12H23N7O/c1-12(20-4)6-5-7-19(8-12)11-15-9(17-13)14-10(16-11)18(2)3/h5-8,13H2,1-4H3,(H,14,15,16,17). The highest BCUT2D eigenvalue weighted by Crippen LogP contribution is 2.27. The summed E-state index contributed by atoms with van der Waals surface area (Å²) in [5.74, 6) is 7.00. The molecule has 1 aliphatic heterocycles. The smallest absolute Gasteiger partial charge is 0.243 e. The van der Waals surface area contributed by atoms with E-state index in [-0.39, 0.29) is 5.60 Å².